The zero-order valence-electron chi connectivity index (χ0n) is 37.6. The maximum Gasteiger partial charge on any atom is 0.199 e. The molecule has 0 unspecified atom stereocenters. The van der Waals surface area contributed by atoms with Crippen LogP contribution in [-0.4, -0.2) is 39.5 Å². The molecule has 7 aromatic heterocycles. The second-order valence-electron chi connectivity index (χ2n) is 13.8. The third-order valence-corrected chi connectivity index (χ3v) is 10.4. The summed E-state index contributed by atoms with van der Waals surface area (Å²) < 4.78 is 2.47. The molecule has 63 heavy (non-hydrogen) atoms. The standard InChI is InChI=1S/C8H9Cl.C8H11N.C6H5Cl2NO.C6H5Cl2N.2C6H7N.2C4H6N2/c1-6-4-3-5-8(9)7(6)2;1-6-4-9-5-7(2)8(6)3;1-4-5(7)2-9(10)3-6(4)8;1-4-5(7)2-9-3-6(4)8;1-6-2-4-7-5-3-6;1-6-3-2-4-7-5-6;1-4-2-5-3-6-4;1-6-3-2-5-4-6/h3-5H,1-2H3;4-5H,1-3H3;2-3H,1H3;2-3H,1H3;2*2-5H,1H3;2-3H,1H3,(H,5,6);2-4H,1H3. The number of nitrogens with one attached hydrogen (secondary N) is 1. The SMILES string of the molecule is Cc1c(Cl)c[n+]([O-])cc1Cl.Cc1c(Cl)cncc1Cl.Cc1cccc(Cl)c1C.Cc1cccnc1.Cc1ccncc1.Cc1cnc[nH]1.Cc1cncc(C)c1C.Cn1ccnc1. The molecule has 0 amide bonds. The van der Waals surface area contributed by atoms with Crippen molar-refractivity contribution in [3.05, 3.63) is 222 Å². The Morgan fingerprint density at radius 2 is 1.05 bits per heavy atom. The molecule has 10 nitrogen and oxygen atoms in total. The Hall–Kier alpha value is -5.36. The summed E-state index contributed by atoms with van der Waals surface area (Å²) in [4.78, 5) is 26.0. The number of benzene rings is 1. The van der Waals surface area contributed by atoms with Gasteiger partial charge in [-0.1, -0.05) is 76.2 Å². The van der Waals surface area contributed by atoms with E-state index in [1.54, 1.807) is 63.0 Å². The Bertz CT molecular complexity index is 2170. The monoisotopic (exact) mass is 949 g/mol. The summed E-state index contributed by atoms with van der Waals surface area (Å²) in [6, 6.07) is 13.8. The maximum atomic E-state index is 10.6. The largest absolute Gasteiger partial charge is 0.619 e. The van der Waals surface area contributed by atoms with Gasteiger partial charge in [0, 0.05) is 85.9 Å². The van der Waals surface area contributed by atoms with Crippen LogP contribution in [0.15, 0.2) is 136 Å². The highest BCUT2D eigenvalue weighted by molar-refractivity contribution is 6.36. The van der Waals surface area contributed by atoms with E-state index in [9.17, 15) is 5.21 Å². The number of aromatic amines is 1. The first-order chi connectivity index (χ1) is 29.8. The van der Waals surface area contributed by atoms with Crippen molar-refractivity contribution in [2.24, 2.45) is 7.05 Å². The van der Waals surface area contributed by atoms with E-state index in [2.05, 4.69) is 68.6 Å². The van der Waals surface area contributed by atoms with Crippen molar-refractivity contribution >= 4 is 58.0 Å². The molecule has 334 valence electrons. The van der Waals surface area contributed by atoms with Gasteiger partial charge in [0.25, 0.3) is 0 Å². The second kappa shape index (κ2) is 31.5. The van der Waals surface area contributed by atoms with Crippen LogP contribution in [0.2, 0.25) is 25.1 Å². The predicted octanol–water partition coefficient (Wildman–Crippen LogP) is 13.5. The van der Waals surface area contributed by atoms with E-state index in [0.29, 0.717) is 24.8 Å². The molecule has 1 aromatic carbocycles. The molecule has 0 atom stereocenters. The van der Waals surface area contributed by atoms with Crippen molar-refractivity contribution in [2.45, 2.75) is 69.2 Å². The number of pyridine rings is 5. The Morgan fingerprint density at radius 3 is 1.37 bits per heavy atom. The molecule has 0 fully saturated rings. The number of aromatic nitrogens is 9. The predicted molar refractivity (Wildman–Crippen MR) is 263 cm³/mol. The van der Waals surface area contributed by atoms with Crippen LogP contribution in [0.25, 0.3) is 0 Å². The van der Waals surface area contributed by atoms with E-state index in [1.165, 1.54) is 51.3 Å². The average molecular weight is 952 g/mol. The molecule has 8 rings (SSSR count). The fourth-order valence-electron chi connectivity index (χ4n) is 4.05. The summed E-state index contributed by atoms with van der Waals surface area (Å²) >= 11 is 28.4. The quantitative estimate of drug-likeness (QED) is 0.119. The van der Waals surface area contributed by atoms with Gasteiger partial charge in [-0.25, -0.2) is 9.97 Å². The summed E-state index contributed by atoms with van der Waals surface area (Å²) in [6.07, 6.45) is 25.5. The Labute approximate surface area is 398 Å². The molecule has 0 aliphatic rings. The zero-order chi connectivity index (χ0) is 47.3. The first-order valence-electron chi connectivity index (χ1n) is 19.3. The average Bonchev–Trinajstić information content (AvgIpc) is 3.95. The van der Waals surface area contributed by atoms with Gasteiger partial charge in [-0.15, -0.1) is 0 Å². The van der Waals surface area contributed by atoms with E-state index in [4.69, 9.17) is 58.0 Å². The first kappa shape index (κ1) is 55.7. The molecule has 0 spiro atoms. The maximum absolute atomic E-state index is 10.6. The van der Waals surface area contributed by atoms with Crippen molar-refractivity contribution in [3.63, 3.8) is 0 Å². The van der Waals surface area contributed by atoms with Crippen LogP contribution in [0.4, 0.5) is 0 Å². The topological polar surface area (TPSA) is 125 Å². The molecule has 0 aliphatic heterocycles. The third kappa shape index (κ3) is 24.8. The molecule has 15 heteroatoms. The number of nitrogens with zero attached hydrogens (tertiary/aromatic N) is 8. The van der Waals surface area contributed by atoms with Crippen LogP contribution >= 0.6 is 58.0 Å². The van der Waals surface area contributed by atoms with Crippen LogP contribution < -0.4 is 4.73 Å². The van der Waals surface area contributed by atoms with Crippen LogP contribution in [0.5, 0.6) is 0 Å². The number of hydrogen-bond acceptors (Lipinski definition) is 7. The van der Waals surface area contributed by atoms with E-state index in [1.807, 2.05) is 107 Å². The van der Waals surface area contributed by atoms with Gasteiger partial charge in [-0.05, 0) is 144 Å². The second-order valence-corrected chi connectivity index (χ2v) is 15.8. The molecule has 0 saturated carbocycles. The van der Waals surface area contributed by atoms with Crippen molar-refractivity contribution in [3.8, 4) is 0 Å². The van der Waals surface area contributed by atoms with E-state index < -0.39 is 0 Å². The summed E-state index contributed by atoms with van der Waals surface area (Å²) in [5.41, 5.74) is 11.5. The van der Waals surface area contributed by atoms with E-state index in [-0.39, 0.29) is 0 Å². The molecule has 8 aromatic rings. The Morgan fingerprint density at radius 1 is 0.476 bits per heavy atom. The van der Waals surface area contributed by atoms with Gasteiger partial charge in [0.2, 0.25) is 0 Å². The molecule has 7 heterocycles. The smallest absolute Gasteiger partial charge is 0.199 e. The lowest BCUT2D eigenvalue weighted by Gasteiger charge is -1.99. The van der Waals surface area contributed by atoms with Gasteiger partial charge >= 0.3 is 0 Å². The molecule has 0 radical (unpaired) electrons. The molecular weight excluding hydrogens is 896 g/mol. The number of hydrogen-bond donors (Lipinski definition) is 1. The van der Waals surface area contributed by atoms with Crippen molar-refractivity contribution in [1.29, 1.82) is 0 Å². The minimum Gasteiger partial charge on any atom is -0.619 e. The van der Waals surface area contributed by atoms with Crippen LogP contribution in [-0.2, 0) is 7.05 Å². The fraction of sp³-hybridized carbons (Fsp3) is 0.229. The summed E-state index contributed by atoms with van der Waals surface area (Å²) in [5.74, 6) is 0. The number of H-pyrrole nitrogens is 1. The molecule has 0 saturated heterocycles. The van der Waals surface area contributed by atoms with Crippen LogP contribution in [0.1, 0.15) is 55.8 Å². The zero-order valence-corrected chi connectivity index (χ0v) is 41.4. The van der Waals surface area contributed by atoms with E-state index >= 15 is 0 Å². The third-order valence-electron chi connectivity index (χ3n) is 8.48. The summed E-state index contributed by atoms with van der Waals surface area (Å²) in [6.45, 7) is 20.0. The van der Waals surface area contributed by atoms with Gasteiger partial charge in [0.15, 0.2) is 12.4 Å². The lowest BCUT2D eigenvalue weighted by molar-refractivity contribution is -0.605. The summed E-state index contributed by atoms with van der Waals surface area (Å²) in [5, 5.41) is 13.5. The molecule has 0 aliphatic carbocycles. The van der Waals surface area contributed by atoms with Gasteiger partial charge < -0.3 is 14.8 Å². The fourth-order valence-corrected chi connectivity index (χ4v) is 5.08. The van der Waals surface area contributed by atoms with Gasteiger partial charge in [0.05, 0.1) is 22.7 Å². The Kier molecular flexibility index (Phi) is 27.8. The van der Waals surface area contributed by atoms with Gasteiger partial charge in [0.1, 0.15) is 10.0 Å². The Balaban J connectivity index is 0.000000362. The molecular formula is C48H56Cl5N9O. The van der Waals surface area contributed by atoms with Crippen molar-refractivity contribution in [2.75, 3.05) is 0 Å². The lowest BCUT2D eigenvalue weighted by atomic mass is 10.1. The van der Waals surface area contributed by atoms with Gasteiger partial charge in [-0.3, -0.25) is 19.9 Å². The minimum atomic E-state index is 0.391. The molecule has 0 bridgehead atoms. The number of aryl methyl sites for hydroxylation is 7. The lowest BCUT2D eigenvalue weighted by Crippen LogP contribution is -2.24. The van der Waals surface area contributed by atoms with Crippen molar-refractivity contribution in [1.82, 2.24) is 39.5 Å². The molecule has 1 N–H and O–H groups in total. The van der Waals surface area contributed by atoms with Crippen molar-refractivity contribution < 1.29 is 4.73 Å². The minimum absolute atomic E-state index is 0.391. The van der Waals surface area contributed by atoms with Crippen LogP contribution in [0, 0.1) is 74.4 Å². The van der Waals surface area contributed by atoms with E-state index in [0.717, 1.165) is 21.8 Å². The highest BCUT2D eigenvalue weighted by Crippen LogP contribution is 2.21. The first-order valence-corrected chi connectivity index (χ1v) is 21.2. The normalized spacial score (nSPS) is 9.33. The van der Waals surface area contributed by atoms with Gasteiger partial charge in [-0.2, -0.15) is 4.73 Å². The number of imidazole rings is 2. The number of rotatable bonds is 0. The summed E-state index contributed by atoms with van der Waals surface area (Å²) in [7, 11) is 1.94. The highest BCUT2D eigenvalue weighted by atomic mass is 35.5. The number of halogens is 5. The van der Waals surface area contributed by atoms with Crippen LogP contribution in [0.3, 0.4) is 0 Å². The highest BCUT2D eigenvalue weighted by Gasteiger charge is 2.05.